The Morgan fingerprint density at radius 3 is 1.92 bits per heavy atom. The first kappa shape index (κ1) is 27.9. The van der Waals surface area contributed by atoms with Crippen LogP contribution in [0.2, 0.25) is 0 Å². The number of rotatable bonds is 6. The number of alkyl halides is 7. The van der Waals surface area contributed by atoms with Crippen molar-refractivity contribution in [2.24, 2.45) is 0 Å². The van der Waals surface area contributed by atoms with Crippen LogP contribution in [-0.4, -0.2) is 36.6 Å². The lowest BCUT2D eigenvalue weighted by molar-refractivity contribution is -0.143. The summed E-state index contributed by atoms with van der Waals surface area (Å²) >= 11 is 0. The number of hydrogen-bond donors (Lipinski definition) is 1. The van der Waals surface area contributed by atoms with Crippen molar-refractivity contribution in [3.05, 3.63) is 70.5 Å². The molecule has 0 aliphatic carbocycles. The van der Waals surface area contributed by atoms with Gasteiger partial charge >= 0.3 is 12.4 Å². The average molecular weight is 522 g/mol. The van der Waals surface area contributed by atoms with Gasteiger partial charge in [0.15, 0.2) is 0 Å². The van der Waals surface area contributed by atoms with E-state index in [0.29, 0.717) is 30.8 Å². The number of benzene rings is 2. The molecule has 2 atom stereocenters. The highest BCUT2D eigenvalue weighted by atomic mass is 19.4. The molecule has 0 radical (unpaired) electrons. The summed E-state index contributed by atoms with van der Waals surface area (Å²) in [5.41, 5.74) is -4.75. The molecule has 1 amide bonds. The molecule has 1 saturated heterocycles. The molecule has 11 heteroatoms. The fraction of sp³-hybridized carbons (Fsp3) is 0.480. The minimum absolute atomic E-state index is 0.0204. The fourth-order valence-electron chi connectivity index (χ4n) is 4.46. The van der Waals surface area contributed by atoms with Crippen LogP contribution in [0.4, 0.5) is 35.1 Å². The number of hydrogen-bond acceptors (Lipinski definition) is 2. The number of carbonyl (C=O) groups excluding carboxylic acids is 1. The molecule has 2 aromatic carbocycles. The molecule has 2 unspecified atom stereocenters. The summed E-state index contributed by atoms with van der Waals surface area (Å²) in [6, 6.07) is 5.04. The standard InChI is InChI=1S/C25H26F8N2O/c1-15(17-11-18(24(28,29)30)13-19(12-17)25(31,32)33)35(2)22(36)14-21(16-3-5-20(26)6-4-16)23(27)7-9-34-10-8-23/h3-6,11-13,15,21,34H,7-10,14H2,1-2H3. The molecule has 3 rings (SSSR count). The lowest BCUT2D eigenvalue weighted by Crippen LogP contribution is -2.44. The third kappa shape index (κ3) is 6.35. The number of carbonyl (C=O) groups is 1. The lowest BCUT2D eigenvalue weighted by Gasteiger charge is -2.38. The molecule has 0 bridgehead atoms. The quantitative estimate of drug-likeness (QED) is 0.431. The predicted octanol–water partition coefficient (Wildman–Crippen LogP) is 6.65. The van der Waals surface area contributed by atoms with Crippen molar-refractivity contribution in [1.82, 2.24) is 10.2 Å². The summed E-state index contributed by atoms with van der Waals surface area (Å²) in [5, 5.41) is 3.03. The molecule has 0 aromatic heterocycles. The van der Waals surface area contributed by atoms with Gasteiger partial charge in [-0.15, -0.1) is 0 Å². The minimum atomic E-state index is -5.03. The van der Waals surface area contributed by atoms with E-state index in [0.717, 1.165) is 17.0 Å². The monoisotopic (exact) mass is 522 g/mol. The largest absolute Gasteiger partial charge is 0.416 e. The maximum absolute atomic E-state index is 16.0. The van der Waals surface area contributed by atoms with Gasteiger partial charge in [-0.05, 0) is 74.3 Å². The molecule has 3 nitrogen and oxygen atoms in total. The number of amides is 1. The maximum atomic E-state index is 16.0. The van der Waals surface area contributed by atoms with Crippen LogP contribution in [0.25, 0.3) is 0 Å². The first-order valence-electron chi connectivity index (χ1n) is 11.3. The van der Waals surface area contributed by atoms with Gasteiger partial charge in [0.1, 0.15) is 11.5 Å². The molecule has 1 fully saturated rings. The molecule has 0 spiro atoms. The van der Waals surface area contributed by atoms with E-state index in [9.17, 15) is 35.5 Å². The van der Waals surface area contributed by atoms with Crippen LogP contribution in [-0.2, 0) is 17.1 Å². The molecule has 1 N–H and O–H groups in total. The number of piperidine rings is 1. The lowest BCUT2D eigenvalue weighted by atomic mass is 9.75. The smallest absolute Gasteiger partial charge is 0.339 e. The molecule has 1 aliphatic heterocycles. The number of halogens is 8. The molecule has 0 saturated carbocycles. The second-order valence-electron chi connectivity index (χ2n) is 9.11. The molecular formula is C25H26F8N2O. The molecular weight excluding hydrogens is 496 g/mol. The molecule has 36 heavy (non-hydrogen) atoms. The zero-order valence-corrected chi connectivity index (χ0v) is 19.6. The Morgan fingerprint density at radius 1 is 0.944 bits per heavy atom. The van der Waals surface area contributed by atoms with E-state index in [1.54, 1.807) is 0 Å². The first-order valence-corrected chi connectivity index (χ1v) is 11.3. The van der Waals surface area contributed by atoms with Gasteiger partial charge in [-0.25, -0.2) is 8.78 Å². The Morgan fingerprint density at radius 2 is 1.44 bits per heavy atom. The van der Waals surface area contributed by atoms with Gasteiger partial charge < -0.3 is 10.2 Å². The third-order valence-corrected chi connectivity index (χ3v) is 6.78. The summed E-state index contributed by atoms with van der Waals surface area (Å²) in [5.74, 6) is -2.19. The Labute approximate surface area is 203 Å². The van der Waals surface area contributed by atoms with Gasteiger partial charge in [-0.1, -0.05) is 12.1 Å². The van der Waals surface area contributed by atoms with Gasteiger partial charge in [0.2, 0.25) is 5.91 Å². The van der Waals surface area contributed by atoms with E-state index in [2.05, 4.69) is 5.32 Å². The highest BCUT2D eigenvalue weighted by molar-refractivity contribution is 5.77. The van der Waals surface area contributed by atoms with Crippen LogP contribution in [0.15, 0.2) is 42.5 Å². The van der Waals surface area contributed by atoms with Crippen LogP contribution < -0.4 is 5.32 Å². The zero-order valence-electron chi connectivity index (χ0n) is 19.6. The van der Waals surface area contributed by atoms with Gasteiger partial charge in [0, 0.05) is 19.4 Å². The maximum Gasteiger partial charge on any atom is 0.416 e. The Hall–Kier alpha value is -2.69. The predicted molar refractivity (Wildman–Crippen MR) is 117 cm³/mol. The normalized spacial score (nSPS) is 17.9. The van der Waals surface area contributed by atoms with E-state index in [1.165, 1.54) is 26.1 Å². The van der Waals surface area contributed by atoms with Crippen molar-refractivity contribution in [2.45, 2.75) is 56.2 Å². The topological polar surface area (TPSA) is 32.3 Å². The number of nitrogens with zero attached hydrogens (tertiary/aromatic N) is 1. The van der Waals surface area contributed by atoms with Crippen molar-refractivity contribution in [2.75, 3.05) is 20.1 Å². The van der Waals surface area contributed by atoms with Gasteiger partial charge in [0.05, 0.1) is 17.2 Å². The van der Waals surface area contributed by atoms with Crippen molar-refractivity contribution >= 4 is 5.91 Å². The van der Waals surface area contributed by atoms with Crippen molar-refractivity contribution in [3.8, 4) is 0 Å². The van der Waals surface area contributed by atoms with Crippen LogP contribution in [0.1, 0.15) is 60.4 Å². The van der Waals surface area contributed by atoms with Gasteiger partial charge in [-0.3, -0.25) is 4.79 Å². The van der Waals surface area contributed by atoms with E-state index >= 15 is 4.39 Å². The second kappa shape index (κ2) is 10.4. The second-order valence-corrected chi connectivity index (χ2v) is 9.11. The first-order chi connectivity index (χ1) is 16.6. The summed E-state index contributed by atoms with van der Waals surface area (Å²) in [6.45, 7) is 2.02. The van der Waals surface area contributed by atoms with E-state index in [1.807, 2.05) is 0 Å². The third-order valence-electron chi connectivity index (χ3n) is 6.78. The number of nitrogens with one attached hydrogen (secondary N) is 1. The van der Waals surface area contributed by atoms with Crippen LogP contribution in [0, 0.1) is 5.82 Å². The molecule has 2 aromatic rings. The van der Waals surface area contributed by atoms with E-state index in [4.69, 9.17) is 0 Å². The summed E-state index contributed by atoms with van der Waals surface area (Å²) < 4.78 is 109. The Balaban J connectivity index is 1.91. The summed E-state index contributed by atoms with van der Waals surface area (Å²) in [7, 11) is 1.25. The Bertz CT molecular complexity index is 1030. The Kier molecular flexibility index (Phi) is 8.02. The summed E-state index contributed by atoms with van der Waals surface area (Å²) in [4.78, 5) is 14.2. The van der Waals surface area contributed by atoms with E-state index in [-0.39, 0.29) is 24.5 Å². The van der Waals surface area contributed by atoms with Crippen molar-refractivity contribution in [1.29, 1.82) is 0 Å². The minimum Gasteiger partial charge on any atom is -0.339 e. The van der Waals surface area contributed by atoms with E-state index < -0.39 is 59.3 Å². The molecule has 1 aliphatic rings. The van der Waals surface area contributed by atoms with Crippen LogP contribution in [0.3, 0.4) is 0 Å². The van der Waals surface area contributed by atoms with Gasteiger partial charge in [-0.2, -0.15) is 26.3 Å². The van der Waals surface area contributed by atoms with Crippen molar-refractivity contribution in [3.63, 3.8) is 0 Å². The highest BCUT2D eigenvalue weighted by Gasteiger charge is 2.43. The highest BCUT2D eigenvalue weighted by Crippen LogP contribution is 2.42. The molecule has 198 valence electrons. The zero-order chi connectivity index (χ0) is 26.9. The summed E-state index contributed by atoms with van der Waals surface area (Å²) in [6.07, 6.45) is -10.3. The van der Waals surface area contributed by atoms with Gasteiger partial charge in [0.25, 0.3) is 0 Å². The van der Waals surface area contributed by atoms with Crippen LogP contribution in [0.5, 0.6) is 0 Å². The fourth-order valence-corrected chi connectivity index (χ4v) is 4.46. The molecule has 1 heterocycles. The average Bonchev–Trinajstić information content (AvgIpc) is 2.81. The van der Waals surface area contributed by atoms with Crippen molar-refractivity contribution < 1.29 is 39.9 Å². The van der Waals surface area contributed by atoms with Crippen LogP contribution >= 0.6 is 0 Å². The SMILES string of the molecule is CC(c1cc(C(F)(F)F)cc(C(F)(F)F)c1)N(C)C(=O)CC(c1ccc(F)cc1)C1(F)CCNCC1.